The van der Waals surface area contributed by atoms with Crippen LogP contribution in [0.15, 0.2) is 53.4 Å². The highest BCUT2D eigenvalue weighted by atomic mass is 32.2. The molecule has 1 aliphatic rings. The number of nitrogens with zero attached hydrogens (tertiary/aromatic N) is 1. The average molecular weight is 332 g/mol. The first-order valence-corrected chi connectivity index (χ1v) is 8.39. The second-order valence-electron chi connectivity index (χ2n) is 5.24. The Morgan fingerprint density at radius 2 is 1.83 bits per heavy atom. The van der Waals surface area contributed by atoms with Gasteiger partial charge in [-0.1, -0.05) is 29.8 Å². The lowest BCUT2D eigenvalue weighted by Crippen LogP contribution is -2.51. The Hall–Kier alpha value is -2.54. The van der Waals surface area contributed by atoms with Gasteiger partial charge < -0.3 is 14.6 Å². The van der Waals surface area contributed by atoms with E-state index in [2.05, 4.69) is 0 Å². The van der Waals surface area contributed by atoms with Crippen LogP contribution in [0.25, 0.3) is 0 Å². The molecule has 2 aromatic rings. The van der Waals surface area contributed by atoms with Crippen LogP contribution in [0, 0.1) is 6.92 Å². The molecule has 1 heterocycles. The summed E-state index contributed by atoms with van der Waals surface area (Å²) in [4.78, 5) is 11.3. The number of anilines is 1. The minimum Gasteiger partial charge on any atom is -0.546 e. The van der Waals surface area contributed by atoms with Crippen LogP contribution in [-0.4, -0.2) is 27.0 Å². The molecule has 120 valence electrons. The standard InChI is InChI=1S/C16H15NO5S/c1-11-6-8-12(9-7-11)23(20,21)17-10-15(16(18)19)22-14-5-3-2-4-13(14)17/h2-9,15H,10H2,1H3,(H,18,19)/p-1/t15-/m0/s1. The Morgan fingerprint density at radius 1 is 1.17 bits per heavy atom. The number of rotatable bonds is 3. The number of carboxylic acids is 1. The molecule has 2 aromatic carbocycles. The van der Waals surface area contributed by atoms with Crippen molar-refractivity contribution >= 4 is 21.7 Å². The highest BCUT2D eigenvalue weighted by Gasteiger charge is 2.34. The number of para-hydroxylation sites is 2. The molecule has 7 heteroatoms. The average Bonchev–Trinajstić information content (AvgIpc) is 2.54. The number of aryl methyl sites for hydroxylation is 1. The van der Waals surface area contributed by atoms with Crippen LogP contribution in [0.4, 0.5) is 5.69 Å². The minimum atomic E-state index is -3.90. The molecule has 6 nitrogen and oxygen atoms in total. The van der Waals surface area contributed by atoms with Crippen molar-refractivity contribution in [2.24, 2.45) is 0 Å². The van der Waals surface area contributed by atoms with Crippen molar-refractivity contribution in [2.75, 3.05) is 10.8 Å². The quantitative estimate of drug-likeness (QED) is 0.826. The van der Waals surface area contributed by atoms with Crippen LogP contribution in [0.1, 0.15) is 5.56 Å². The number of benzene rings is 2. The van der Waals surface area contributed by atoms with Crippen LogP contribution >= 0.6 is 0 Å². The fourth-order valence-corrected chi connectivity index (χ4v) is 3.87. The van der Waals surface area contributed by atoms with Gasteiger partial charge in [-0.25, -0.2) is 8.42 Å². The molecule has 0 saturated carbocycles. The van der Waals surface area contributed by atoms with Gasteiger partial charge in [0.2, 0.25) is 0 Å². The second-order valence-corrected chi connectivity index (χ2v) is 7.10. The number of sulfonamides is 1. The lowest BCUT2D eigenvalue weighted by atomic mass is 10.2. The van der Waals surface area contributed by atoms with Crippen LogP contribution in [0.3, 0.4) is 0 Å². The summed E-state index contributed by atoms with van der Waals surface area (Å²) in [6, 6.07) is 12.8. The fourth-order valence-electron chi connectivity index (χ4n) is 2.39. The van der Waals surface area contributed by atoms with Gasteiger partial charge in [0.25, 0.3) is 10.0 Å². The minimum absolute atomic E-state index is 0.0944. The van der Waals surface area contributed by atoms with Crippen LogP contribution in [-0.2, 0) is 14.8 Å². The molecule has 0 spiro atoms. The SMILES string of the molecule is Cc1ccc(S(=O)(=O)N2C[C@@H](C(=O)[O-])Oc3ccccc32)cc1. The highest BCUT2D eigenvalue weighted by Crippen LogP contribution is 2.36. The van der Waals surface area contributed by atoms with E-state index in [1.165, 1.54) is 18.2 Å². The first kappa shape index (κ1) is 15.4. The summed E-state index contributed by atoms with van der Waals surface area (Å²) in [5.74, 6) is -1.26. The zero-order valence-corrected chi connectivity index (χ0v) is 13.1. The molecule has 0 aromatic heterocycles. The normalized spacial score (nSPS) is 17.3. The van der Waals surface area contributed by atoms with Gasteiger partial charge in [-0.2, -0.15) is 0 Å². The molecule has 23 heavy (non-hydrogen) atoms. The molecule has 3 rings (SSSR count). The summed E-state index contributed by atoms with van der Waals surface area (Å²) < 4.78 is 32.1. The number of carbonyl (C=O) groups excluding carboxylic acids is 1. The van der Waals surface area contributed by atoms with Gasteiger partial charge in [0.05, 0.1) is 23.1 Å². The number of ether oxygens (including phenoxy) is 1. The van der Waals surface area contributed by atoms with Gasteiger partial charge in [0.1, 0.15) is 5.75 Å². The van der Waals surface area contributed by atoms with Crippen molar-refractivity contribution in [1.29, 1.82) is 0 Å². The van der Waals surface area contributed by atoms with Gasteiger partial charge in [0.15, 0.2) is 6.10 Å². The maximum Gasteiger partial charge on any atom is 0.264 e. The smallest absolute Gasteiger partial charge is 0.264 e. The molecule has 1 atom stereocenters. The van der Waals surface area contributed by atoms with E-state index < -0.39 is 22.1 Å². The maximum atomic E-state index is 12.9. The monoisotopic (exact) mass is 332 g/mol. The number of aliphatic carboxylic acids is 1. The van der Waals surface area contributed by atoms with Crippen LogP contribution in [0.5, 0.6) is 5.75 Å². The van der Waals surface area contributed by atoms with Crippen molar-refractivity contribution in [1.82, 2.24) is 0 Å². The number of hydrogen-bond donors (Lipinski definition) is 0. The third kappa shape index (κ3) is 2.75. The molecule has 0 radical (unpaired) electrons. The molecule has 0 amide bonds. The Bertz CT molecular complexity index is 845. The van der Waals surface area contributed by atoms with Gasteiger partial charge in [-0.3, -0.25) is 4.31 Å². The van der Waals surface area contributed by atoms with Crippen LogP contribution in [0.2, 0.25) is 0 Å². The van der Waals surface area contributed by atoms with Gasteiger partial charge in [-0.05, 0) is 31.2 Å². The molecule has 0 N–H and O–H groups in total. The molecule has 0 saturated heterocycles. The Morgan fingerprint density at radius 3 is 2.48 bits per heavy atom. The van der Waals surface area contributed by atoms with E-state index in [1.807, 2.05) is 6.92 Å². The van der Waals surface area contributed by atoms with Crippen LogP contribution < -0.4 is 14.1 Å². The molecular weight excluding hydrogens is 318 g/mol. The van der Waals surface area contributed by atoms with E-state index in [1.54, 1.807) is 30.3 Å². The number of carboxylic acid groups (broad SMARTS) is 1. The summed E-state index contributed by atoms with van der Waals surface area (Å²) in [5.41, 5.74) is 1.24. The summed E-state index contributed by atoms with van der Waals surface area (Å²) in [6.45, 7) is 1.52. The summed E-state index contributed by atoms with van der Waals surface area (Å²) in [6.07, 6.45) is -1.36. The van der Waals surface area contributed by atoms with Gasteiger partial charge in [0, 0.05) is 0 Å². The predicted molar refractivity (Wildman–Crippen MR) is 81.6 cm³/mol. The van der Waals surface area contributed by atoms with E-state index in [-0.39, 0.29) is 17.2 Å². The Balaban J connectivity index is 2.10. The Kier molecular flexibility index (Phi) is 3.73. The van der Waals surface area contributed by atoms with Crippen molar-refractivity contribution in [2.45, 2.75) is 17.9 Å². The van der Waals surface area contributed by atoms with Gasteiger partial charge in [-0.15, -0.1) is 0 Å². The zero-order chi connectivity index (χ0) is 16.6. The van der Waals surface area contributed by atoms with Crippen molar-refractivity contribution in [3.63, 3.8) is 0 Å². The third-order valence-electron chi connectivity index (χ3n) is 3.61. The van der Waals surface area contributed by atoms with E-state index in [0.29, 0.717) is 5.69 Å². The van der Waals surface area contributed by atoms with Crippen molar-refractivity contribution in [3.8, 4) is 5.75 Å². The Labute approximate surface area is 134 Å². The predicted octanol–water partition coefficient (Wildman–Crippen LogP) is 0.701. The van der Waals surface area contributed by atoms with Gasteiger partial charge >= 0.3 is 0 Å². The number of carbonyl (C=O) groups is 1. The number of fused-ring (bicyclic) bond motifs is 1. The number of hydrogen-bond acceptors (Lipinski definition) is 5. The van der Waals surface area contributed by atoms with E-state index >= 15 is 0 Å². The lowest BCUT2D eigenvalue weighted by molar-refractivity contribution is -0.313. The molecule has 0 fully saturated rings. The topological polar surface area (TPSA) is 86.7 Å². The summed E-state index contributed by atoms with van der Waals surface area (Å²) >= 11 is 0. The fraction of sp³-hybridized carbons (Fsp3) is 0.188. The third-order valence-corrected chi connectivity index (χ3v) is 5.40. The summed E-state index contributed by atoms with van der Waals surface area (Å²) in [7, 11) is -3.90. The molecule has 0 aliphatic carbocycles. The molecule has 0 bridgehead atoms. The van der Waals surface area contributed by atoms with Crippen molar-refractivity contribution < 1.29 is 23.1 Å². The highest BCUT2D eigenvalue weighted by molar-refractivity contribution is 7.92. The molecule has 0 unspecified atom stereocenters. The van der Waals surface area contributed by atoms with Crippen molar-refractivity contribution in [3.05, 3.63) is 54.1 Å². The molecular formula is C16H14NO5S-. The maximum absolute atomic E-state index is 12.9. The first-order valence-electron chi connectivity index (χ1n) is 6.95. The summed E-state index contributed by atoms with van der Waals surface area (Å²) in [5, 5.41) is 11.2. The largest absolute Gasteiger partial charge is 0.546 e. The molecule has 1 aliphatic heterocycles. The zero-order valence-electron chi connectivity index (χ0n) is 12.3. The first-order chi connectivity index (χ1) is 10.9. The van der Waals surface area contributed by atoms with E-state index in [0.717, 1.165) is 9.87 Å². The lowest BCUT2D eigenvalue weighted by Gasteiger charge is -2.35. The van der Waals surface area contributed by atoms with E-state index in [9.17, 15) is 18.3 Å². The second kappa shape index (κ2) is 5.58. The van der Waals surface area contributed by atoms with E-state index in [4.69, 9.17) is 4.74 Å².